The number of anilines is 1. The van der Waals surface area contributed by atoms with Gasteiger partial charge in [-0.15, -0.1) is 0 Å². The first-order valence-corrected chi connectivity index (χ1v) is 9.13. The molecule has 0 bridgehead atoms. The first-order valence-electron chi connectivity index (χ1n) is 7.70. The second-order valence-electron chi connectivity index (χ2n) is 6.85. The van der Waals surface area contributed by atoms with E-state index in [1.165, 1.54) is 17.0 Å². The van der Waals surface area contributed by atoms with Gasteiger partial charge in [0, 0.05) is 51.9 Å². The van der Waals surface area contributed by atoms with Gasteiger partial charge < -0.3 is 10.2 Å². The average molecular weight is 327 g/mol. The van der Waals surface area contributed by atoms with Crippen molar-refractivity contribution in [2.24, 2.45) is 0 Å². The SMILES string of the molecule is CC1SCCN(c2cccc(Cl)c2CNC(C)(C)C)C1C. The molecule has 4 heteroatoms. The summed E-state index contributed by atoms with van der Waals surface area (Å²) in [5.41, 5.74) is 2.60. The maximum absolute atomic E-state index is 6.49. The Hall–Kier alpha value is -0.380. The topological polar surface area (TPSA) is 15.3 Å². The molecule has 2 atom stereocenters. The quantitative estimate of drug-likeness (QED) is 0.876. The summed E-state index contributed by atoms with van der Waals surface area (Å²) in [7, 11) is 0. The molecule has 1 aromatic rings. The Morgan fingerprint density at radius 3 is 2.71 bits per heavy atom. The zero-order valence-corrected chi connectivity index (χ0v) is 15.3. The van der Waals surface area contributed by atoms with Crippen molar-refractivity contribution >= 4 is 29.1 Å². The van der Waals surface area contributed by atoms with E-state index in [4.69, 9.17) is 11.6 Å². The minimum absolute atomic E-state index is 0.0904. The molecule has 21 heavy (non-hydrogen) atoms. The van der Waals surface area contributed by atoms with Gasteiger partial charge in [0.25, 0.3) is 0 Å². The van der Waals surface area contributed by atoms with Crippen LogP contribution in [0.1, 0.15) is 40.2 Å². The van der Waals surface area contributed by atoms with Crippen molar-refractivity contribution in [1.29, 1.82) is 0 Å². The second kappa shape index (κ2) is 6.80. The fourth-order valence-electron chi connectivity index (χ4n) is 2.62. The lowest BCUT2D eigenvalue weighted by Gasteiger charge is -2.40. The standard InChI is InChI=1S/C17H27ClN2S/c1-12-13(2)21-10-9-20(12)16-8-6-7-15(18)14(16)11-19-17(3,4)5/h6-8,12-13,19H,9-11H2,1-5H3. The van der Waals surface area contributed by atoms with Crippen molar-refractivity contribution in [2.45, 2.75) is 58.0 Å². The molecule has 1 aromatic carbocycles. The van der Waals surface area contributed by atoms with Crippen molar-refractivity contribution < 1.29 is 0 Å². The number of rotatable bonds is 3. The third-order valence-electron chi connectivity index (χ3n) is 4.08. The summed E-state index contributed by atoms with van der Waals surface area (Å²) < 4.78 is 0. The first kappa shape index (κ1) is 17.0. The van der Waals surface area contributed by atoms with Gasteiger partial charge in [-0.05, 0) is 39.8 Å². The third-order valence-corrected chi connectivity index (χ3v) is 5.78. The number of nitrogens with zero attached hydrogens (tertiary/aromatic N) is 1. The molecule has 118 valence electrons. The first-order chi connectivity index (χ1) is 9.79. The Morgan fingerprint density at radius 1 is 1.33 bits per heavy atom. The normalized spacial score (nSPS) is 23.4. The van der Waals surface area contributed by atoms with Gasteiger partial charge in [-0.3, -0.25) is 0 Å². The molecule has 1 N–H and O–H groups in total. The van der Waals surface area contributed by atoms with Gasteiger partial charge in [0.05, 0.1) is 0 Å². The summed E-state index contributed by atoms with van der Waals surface area (Å²) in [6.45, 7) is 13.1. The van der Waals surface area contributed by atoms with Crippen LogP contribution in [0.5, 0.6) is 0 Å². The summed E-state index contributed by atoms with van der Waals surface area (Å²) >= 11 is 8.55. The van der Waals surface area contributed by atoms with Crippen LogP contribution in [-0.2, 0) is 6.54 Å². The van der Waals surface area contributed by atoms with Gasteiger partial charge in [-0.25, -0.2) is 0 Å². The Labute approximate surface area is 138 Å². The summed E-state index contributed by atoms with van der Waals surface area (Å²) in [6, 6.07) is 6.82. The van der Waals surface area contributed by atoms with Crippen LogP contribution in [-0.4, -0.2) is 29.1 Å². The van der Waals surface area contributed by atoms with Crippen molar-refractivity contribution in [1.82, 2.24) is 5.32 Å². The molecule has 1 heterocycles. The molecule has 0 aromatic heterocycles. The molecule has 2 unspecified atom stereocenters. The molecule has 2 nitrogen and oxygen atoms in total. The zero-order chi connectivity index (χ0) is 15.6. The number of hydrogen-bond acceptors (Lipinski definition) is 3. The van der Waals surface area contributed by atoms with E-state index >= 15 is 0 Å². The summed E-state index contributed by atoms with van der Waals surface area (Å²) in [5, 5.41) is 5.09. The molecule has 0 radical (unpaired) electrons. The molecular weight excluding hydrogens is 300 g/mol. The highest BCUT2D eigenvalue weighted by molar-refractivity contribution is 8.00. The van der Waals surface area contributed by atoms with Crippen molar-refractivity contribution in [3.63, 3.8) is 0 Å². The van der Waals surface area contributed by atoms with E-state index in [9.17, 15) is 0 Å². The van der Waals surface area contributed by atoms with Gasteiger partial charge >= 0.3 is 0 Å². The Bertz CT molecular complexity index is 484. The zero-order valence-electron chi connectivity index (χ0n) is 13.7. The average Bonchev–Trinajstić information content (AvgIpc) is 2.39. The molecule has 0 saturated carbocycles. The third kappa shape index (κ3) is 4.30. The predicted octanol–water partition coefficient (Wildman–Crippen LogP) is 4.56. The maximum atomic E-state index is 6.49. The monoisotopic (exact) mass is 326 g/mol. The van der Waals surface area contributed by atoms with Gasteiger partial charge in [0.1, 0.15) is 0 Å². The van der Waals surface area contributed by atoms with E-state index in [1.54, 1.807) is 0 Å². The van der Waals surface area contributed by atoms with Crippen LogP contribution >= 0.6 is 23.4 Å². The lowest BCUT2D eigenvalue weighted by atomic mass is 10.1. The predicted molar refractivity (Wildman–Crippen MR) is 96.8 cm³/mol. The highest BCUT2D eigenvalue weighted by atomic mass is 35.5. The van der Waals surface area contributed by atoms with E-state index in [2.05, 4.69) is 68.7 Å². The van der Waals surface area contributed by atoms with Crippen LogP contribution in [0.25, 0.3) is 0 Å². The number of hydrogen-bond donors (Lipinski definition) is 1. The maximum Gasteiger partial charge on any atom is 0.0471 e. The number of nitrogens with one attached hydrogen (secondary N) is 1. The van der Waals surface area contributed by atoms with E-state index in [-0.39, 0.29) is 5.54 Å². The smallest absolute Gasteiger partial charge is 0.0471 e. The molecule has 1 aliphatic rings. The van der Waals surface area contributed by atoms with Gasteiger partial charge in [0.2, 0.25) is 0 Å². The fraction of sp³-hybridized carbons (Fsp3) is 0.647. The van der Waals surface area contributed by atoms with Crippen LogP contribution in [0.2, 0.25) is 5.02 Å². The summed E-state index contributed by atoms with van der Waals surface area (Å²) in [4.78, 5) is 2.52. The van der Waals surface area contributed by atoms with E-state index in [0.29, 0.717) is 11.3 Å². The summed E-state index contributed by atoms with van der Waals surface area (Å²) in [5.74, 6) is 1.18. The molecular formula is C17H27ClN2S. The lowest BCUT2D eigenvalue weighted by Crippen LogP contribution is -2.45. The number of benzene rings is 1. The van der Waals surface area contributed by atoms with Crippen LogP contribution in [0, 0.1) is 0 Å². The minimum Gasteiger partial charge on any atom is -0.367 e. The van der Waals surface area contributed by atoms with Crippen LogP contribution in [0.4, 0.5) is 5.69 Å². The van der Waals surface area contributed by atoms with Crippen LogP contribution in [0.3, 0.4) is 0 Å². The van der Waals surface area contributed by atoms with Gasteiger partial charge in [-0.1, -0.05) is 24.6 Å². The van der Waals surface area contributed by atoms with Crippen LogP contribution < -0.4 is 10.2 Å². The van der Waals surface area contributed by atoms with Crippen molar-refractivity contribution in [2.75, 3.05) is 17.2 Å². The molecule has 1 fully saturated rings. The Balaban J connectivity index is 2.28. The van der Waals surface area contributed by atoms with Gasteiger partial charge in [0.15, 0.2) is 0 Å². The van der Waals surface area contributed by atoms with Crippen molar-refractivity contribution in [3.8, 4) is 0 Å². The molecule has 2 rings (SSSR count). The highest BCUT2D eigenvalue weighted by Crippen LogP contribution is 2.34. The lowest BCUT2D eigenvalue weighted by molar-refractivity contribution is 0.424. The molecule has 1 saturated heterocycles. The molecule has 0 amide bonds. The number of halogens is 1. The van der Waals surface area contributed by atoms with E-state index in [1.807, 2.05) is 6.07 Å². The Morgan fingerprint density at radius 2 is 2.05 bits per heavy atom. The largest absolute Gasteiger partial charge is 0.367 e. The minimum atomic E-state index is 0.0904. The fourth-order valence-corrected chi connectivity index (χ4v) is 3.95. The molecule has 0 aliphatic carbocycles. The van der Waals surface area contributed by atoms with Gasteiger partial charge in [-0.2, -0.15) is 11.8 Å². The van der Waals surface area contributed by atoms with Crippen molar-refractivity contribution in [3.05, 3.63) is 28.8 Å². The number of thioether (sulfide) groups is 1. The summed E-state index contributed by atoms with van der Waals surface area (Å²) in [6.07, 6.45) is 0. The Kier molecular flexibility index (Phi) is 5.50. The second-order valence-corrected chi connectivity index (χ2v) is 8.74. The molecule has 0 spiro atoms. The van der Waals surface area contributed by atoms with Crippen LogP contribution in [0.15, 0.2) is 18.2 Å². The van der Waals surface area contributed by atoms with E-state index in [0.717, 1.165) is 18.1 Å². The van der Waals surface area contributed by atoms with E-state index < -0.39 is 0 Å². The highest BCUT2D eigenvalue weighted by Gasteiger charge is 2.27. The molecule has 1 aliphatic heterocycles.